The molecule has 23 heavy (non-hydrogen) atoms. The quantitative estimate of drug-likeness (QED) is 0.798. The molecule has 0 amide bonds. The molecule has 1 aliphatic heterocycles. The molecule has 1 aliphatic rings. The normalized spacial score (nSPS) is 17.7. The summed E-state index contributed by atoms with van der Waals surface area (Å²) in [7, 11) is 0. The number of fused-ring (bicyclic) bond motifs is 1. The minimum absolute atomic E-state index is 0.292. The Balaban J connectivity index is 1.60. The number of hydrogen-bond donors (Lipinski definition) is 1. The average Bonchev–Trinajstić information content (AvgIpc) is 3.19. The highest BCUT2D eigenvalue weighted by Gasteiger charge is 2.20. The van der Waals surface area contributed by atoms with E-state index in [2.05, 4.69) is 50.6 Å². The molecule has 4 rings (SSSR count). The van der Waals surface area contributed by atoms with Crippen molar-refractivity contribution in [1.29, 1.82) is 0 Å². The van der Waals surface area contributed by atoms with E-state index in [9.17, 15) is 0 Å². The summed E-state index contributed by atoms with van der Waals surface area (Å²) in [6.07, 6.45) is 2.04. The highest BCUT2D eigenvalue weighted by atomic mass is 32.1. The molecule has 120 valence electrons. The van der Waals surface area contributed by atoms with Crippen LogP contribution in [0.5, 0.6) is 0 Å². The van der Waals surface area contributed by atoms with Crippen molar-refractivity contribution in [2.24, 2.45) is 0 Å². The lowest BCUT2D eigenvalue weighted by Crippen LogP contribution is -2.44. The van der Waals surface area contributed by atoms with E-state index in [1.807, 2.05) is 17.8 Å². The minimum atomic E-state index is 0.292. The van der Waals surface area contributed by atoms with E-state index < -0.39 is 0 Å². The van der Waals surface area contributed by atoms with Crippen molar-refractivity contribution >= 4 is 21.6 Å². The second-order valence-electron chi connectivity index (χ2n) is 5.93. The number of hydrogen-bond acceptors (Lipinski definition) is 6. The van der Waals surface area contributed by atoms with Crippen molar-refractivity contribution in [2.45, 2.75) is 19.9 Å². The molecule has 2 aromatic heterocycles. The number of thiazole rings is 1. The summed E-state index contributed by atoms with van der Waals surface area (Å²) in [5.41, 5.74) is 3.10. The zero-order valence-corrected chi connectivity index (χ0v) is 14.2. The summed E-state index contributed by atoms with van der Waals surface area (Å²) in [6.45, 7) is 8.43. The van der Waals surface area contributed by atoms with Crippen LogP contribution >= 0.6 is 11.3 Å². The number of aryl methyl sites for hydroxylation is 1. The van der Waals surface area contributed by atoms with Crippen molar-refractivity contribution in [3.8, 4) is 5.69 Å². The van der Waals surface area contributed by atoms with Gasteiger partial charge in [0, 0.05) is 26.2 Å². The first-order valence-corrected chi connectivity index (χ1v) is 8.77. The largest absolute Gasteiger partial charge is 0.314 e. The molecule has 1 unspecified atom stereocenters. The van der Waals surface area contributed by atoms with Crippen LogP contribution in [0.15, 0.2) is 24.4 Å². The molecule has 0 bridgehead atoms. The fourth-order valence-corrected chi connectivity index (χ4v) is 3.88. The summed E-state index contributed by atoms with van der Waals surface area (Å²) in [4.78, 5) is 6.95. The van der Waals surface area contributed by atoms with Gasteiger partial charge in [-0.15, -0.1) is 16.4 Å². The van der Waals surface area contributed by atoms with Gasteiger partial charge in [0.1, 0.15) is 0 Å². The Bertz CT molecular complexity index is 817. The molecule has 1 saturated heterocycles. The van der Waals surface area contributed by atoms with Gasteiger partial charge in [-0.2, -0.15) is 0 Å². The molecule has 0 spiro atoms. The zero-order chi connectivity index (χ0) is 15.8. The molecule has 1 fully saturated rings. The molecule has 3 heterocycles. The molecule has 0 aliphatic carbocycles. The average molecular weight is 328 g/mol. The van der Waals surface area contributed by atoms with Gasteiger partial charge in [-0.1, -0.05) is 5.21 Å². The van der Waals surface area contributed by atoms with E-state index in [4.69, 9.17) is 0 Å². The van der Waals surface area contributed by atoms with Gasteiger partial charge >= 0.3 is 0 Å². The first kappa shape index (κ1) is 14.7. The minimum Gasteiger partial charge on any atom is -0.314 e. The molecule has 1 N–H and O–H groups in total. The van der Waals surface area contributed by atoms with Crippen molar-refractivity contribution in [3.63, 3.8) is 0 Å². The standard InChI is InChI=1S/C16H20N6S/c1-11(21-7-5-17-6-8-21)15-10-22(20-19-15)13-3-4-14-16(9-13)23-12(2)18-14/h3-4,9-11,17H,5-8H2,1-2H3. The monoisotopic (exact) mass is 328 g/mol. The first-order chi connectivity index (χ1) is 11.2. The van der Waals surface area contributed by atoms with E-state index >= 15 is 0 Å². The Labute approximate surface area is 139 Å². The first-order valence-electron chi connectivity index (χ1n) is 7.95. The molecule has 7 heteroatoms. The number of nitrogens with zero attached hydrogens (tertiary/aromatic N) is 5. The summed E-state index contributed by atoms with van der Waals surface area (Å²) in [5, 5.41) is 13.2. The smallest absolute Gasteiger partial charge is 0.1000 e. The Morgan fingerprint density at radius 1 is 1.26 bits per heavy atom. The van der Waals surface area contributed by atoms with Crippen LogP contribution in [0, 0.1) is 6.92 Å². The Morgan fingerprint density at radius 3 is 2.91 bits per heavy atom. The molecule has 6 nitrogen and oxygen atoms in total. The van der Waals surface area contributed by atoms with Crippen LogP contribution in [-0.4, -0.2) is 51.1 Å². The number of piperazine rings is 1. The molecule has 1 atom stereocenters. The van der Waals surface area contributed by atoms with Gasteiger partial charge in [0.05, 0.1) is 38.8 Å². The predicted octanol–water partition coefficient (Wildman–Crippen LogP) is 2.15. The SMILES string of the molecule is Cc1nc2ccc(-n3cc(C(C)N4CCNCC4)nn3)cc2s1. The van der Waals surface area contributed by atoms with E-state index in [0.717, 1.165) is 48.1 Å². The Hall–Kier alpha value is -1.83. The zero-order valence-electron chi connectivity index (χ0n) is 13.4. The van der Waals surface area contributed by atoms with Crippen LogP contribution in [0.1, 0.15) is 23.7 Å². The van der Waals surface area contributed by atoms with Crippen LogP contribution < -0.4 is 5.32 Å². The van der Waals surface area contributed by atoms with Crippen LogP contribution in [0.2, 0.25) is 0 Å². The lowest BCUT2D eigenvalue weighted by molar-refractivity contribution is 0.182. The van der Waals surface area contributed by atoms with Gasteiger partial charge < -0.3 is 5.32 Å². The third-order valence-electron chi connectivity index (χ3n) is 4.38. The lowest BCUT2D eigenvalue weighted by atomic mass is 10.2. The van der Waals surface area contributed by atoms with E-state index in [1.165, 1.54) is 4.70 Å². The van der Waals surface area contributed by atoms with Crippen LogP contribution in [0.25, 0.3) is 15.9 Å². The second-order valence-corrected chi connectivity index (χ2v) is 7.17. The third-order valence-corrected chi connectivity index (χ3v) is 5.32. The van der Waals surface area contributed by atoms with Crippen molar-refractivity contribution in [3.05, 3.63) is 35.1 Å². The van der Waals surface area contributed by atoms with E-state index in [0.29, 0.717) is 6.04 Å². The lowest BCUT2D eigenvalue weighted by Gasteiger charge is -2.31. The molecular formula is C16H20N6S. The fraction of sp³-hybridized carbons (Fsp3) is 0.438. The van der Waals surface area contributed by atoms with Gasteiger partial charge in [-0.25, -0.2) is 9.67 Å². The molecule has 3 aromatic rings. The molecular weight excluding hydrogens is 308 g/mol. The van der Waals surface area contributed by atoms with Crippen LogP contribution in [0.3, 0.4) is 0 Å². The second kappa shape index (κ2) is 5.99. The third kappa shape index (κ3) is 2.87. The molecule has 0 saturated carbocycles. The predicted molar refractivity (Wildman–Crippen MR) is 92.1 cm³/mol. The number of nitrogens with one attached hydrogen (secondary N) is 1. The topological polar surface area (TPSA) is 58.9 Å². The van der Waals surface area contributed by atoms with Crippen molar-refractivity contribution in [2.75, 3.05) is 26.2 Å². The van der Waals surface area contributed by atoms with Gasteiger partial charge in [-0.3, -0.25) is 4.90 Å². The van der Waals surface area contributed by atoms with Crippen molar-refractivity contribution < 1.29 is 0 Å². The molecule has 0 radical (unpaired) electrons. The maximum atomic E-state index is 4.50. The van der Waals surface area contributed by atoms with Crippen LogP contribution in [-0.2, 0) is 0 Å². The van der Waals surface area contributed by atoms with Gasteiger partial charge in [0.15, 0.2) is 0 Å². The number of benzene rings is 1. The Morgan fingerprint density at radius 2 is 2.09 bits per heavy atom. The Kier molecular flexibility index (Phi) is 3.84. The highest BCUT2D eigenvalue weighted by Crippen LogP contribution is 2.25. The molecule has 1 aromatic carbocycles. The maximum Gasteiger partial charge on any atom is 0.1000 e. The van der Waals surface area contributed by atoms with Gasteiger partial charge in [0.25, 0.3) is 0 Å². The summed E-state index contributed by atoms with van der Waals surface area (Å²) in [6, 6.07) is 6.53. The summed E-state index contributed by atoms with van der Waals surface area (Å²) in [5.74, 6) is 0. The van der Waals surface area contributed by atoms with Gasteiger partial charge in [-0.05, 0) is 32.0 Å². The highest BCUT2D eigenvalue weighted by molar-refractivity contribution is 7.18. The fourth-order valence-electron chi connectivity index (χ4n) is 3.02. The summed E-state index contributed by atoms with van der Waals surface area (Å²) >= 11 is 1.71. The van der Waals surface area contributed by atoms with E-state index in [-0.39, 0.29) is 0 Å². The van der Waals surface area contributed by atoms with Crippen molar-refractivity contribution in [1.82, 2.24) is 30.2 Å². The maximum absolute atomic E-state index is 4.50. The number of rotatable bonds is 3. The number of aromatic nitrogens is 4. The van der Waals surface area contributed by atoms with Crippen LogP contribution in [0.4, 0.5) is 0 Å². The summed E-state index contributed by atoms with van der Waals surface area (Å²) < 4.78 is 3.05. The van der Waals surface area contributed by atoms with Gasteiger partial charge in [0.2, 0.25) is 0 Å². The van der Waals surface area contributed by atoms with E-state index in [1.54, 1.807) is 11.3 Å².